The molecule has 0 atom stereocenters. The molecule has 20 heavy (non-hydrogen) atoms. The SMILES string of the molecule is O=c1cccccc1N1CCN(c2ccccc2)CC1. The maximum absolute atomic E-state index is 12.0. The molecule has 3 heteroatoms. The minimum absolute atomic E-state index is 0.100. The van der Waals surface area contributed by atoms with E-state index in [0.717, 1.165) is 31.9 Å². The van der Waals surface area contributed by atoms with Gasteiger partial charge in [-0.05, 0) is 24.3 Å². The van der Waals surface area contributed by atoms with Crippen molar-refractivity contribution in [1.82, 2.24) is 0 Å². The van der Waals surface area contributed by atoms with Gasteiger partial charge < -0.3 is 9.80 Å². The Morgan fingerprint density at radius 3 is 1.90 bits per heavy atom. The average molecular weight is 266 g/mol. The molecule has 1 aliphatic rings. The molecule has 1 saturated heterocycles. The van der Waals surface area contributed by atoms with E-state index in [9.17, 15) is 4.79 Å². The monoisotopic (exact) mass is 266 g/mol. The number of anilines is 2. The van der Waals surface area contributed by atoms with Crippen LogP contribution in [0.4, 0.5) is 11.4 Å². The summed E-state index contributed by atoms with van der Waals surface area (Å²) < 4.78 is 0. The van der Waals surface area contributed by atoms with Crippen LogP contribution >= 0.6 is 0 Å². The summed E-state index contributed by atoms with van der Waals surface area (Å²) in [4.78, 5) is 16.6. The fraction of sp³-hybridized carbons (Fsp3) is 0.235. The van der Waals surface area contributed by atoms with Gasteiger partial charge in [-0.15, -0.1) is 0 Å². The fourth-order valence-electron chi connectivity index (χ4n) is 2.63. The van der Waals surface area contributed by atoms with Crippen molar-refractivity contribution in [2.45, 2.75) is 0 Å². The lowest BCUT2D eigenvalue weighted by molar-refractivity contribution is 0.652. The molecule has 0 amide bonds. The molecule has 1 fully saturated rings. The van der Waals surface area contributed by atoms with Gasteiger partial charge in [0.15, 0.2) is 0 Å². The summed E-state index contributed by atoms with van der Waals surface area (Å²) >= 11 is 0. The maximum atomic E-state index is 12.0. The highest BCUT2D eigenvalue weighted by molar-refractivity contribution is 5.51. The van der Waals surface area contributed by atoms with Crippen LogP contribution in [0.3, 0.4) is 0 Å². The van der Waals surface area contributed by atoms with Gasteiger partial charge in [0.2, 0.25) is 5.43 Å². The average Bonchev–Trinajstić information content (AvgIpc) is 2.73. The molecule has 0 spiro atoms. The number of hydrogen-bond donors (Lipinski definition) is 0. The van der Waals surface area contributed by atoms with Crippen LogP contribution in [0.2, 0.25) is 0 Å². The zero-order chi connectivity index (χ0) is 13.8. The number of nitrogens with zero attached hydrogens (tertiary/aromatic N) is 2. The standard InChI is InChI=1S/C17H18N2O/c20-17-10-6-2-5-9-16(17)19-13-11-18(12-14-19)15-7-3-1-4-8-15/h1-10H,11-14H2. The summed E-state index contributed by atoms with van der Waals surface area (Å²) in [6.07, 6.45) is 0. The van der Waals surface area contributed by atoms with Gasteiger partial charge in [-0.25, -0.2) is 0 Å². The van der Waals surface area contributed by atoms with Gasteiger partial charge in [-0.2, -0.15) is 0 Å². The third kappa shape index (κ3) is 2.67. The number of hydrogen-bond acceptors (Lipinski definition) is 3. The predicted molar refractivity (Wildman–Crippen MR) is 83.6 cm³/mol. The van der Waals surface area contributed by atoms with Crippen molar-refractivity contribution in [1.29, 1.82) is 0 Å². The van der Waals surface area contributed by atoms with Gasteiger partial charge in [0, 0.05) is 31.9 Å². The first kappa shape index (κ1) is 12.7. The third-order valence-electron chi connectivity index (χ3n) is 3.72. The first-order valence-electron chi connectivity index (χ1n) is 6.99. The van der Waals surface area contributed by atoms with Crippen molar-refractivity contribution in [3.05, 3.63) is 70.9 Å². The number of piperazine rings is 1. The highest BCUT2D eigenvalue weighted by Gasteiger charge is 2.18. The molecule has 3 nitrogen and oxygen atoms in total. The fourth-order valence-corrected chi connectivity index (χ4v) is 2.63. The van der Waals surface area contributed by atoms with Gasteiger partial charge >= 0.3 is 0 Å². The van der Waals surface area contributed by atoms with Crippen LogP contribution in [0.25, 0.3) is 0 Å². The number of para-hydroxylation sites is 1. The molecule has 2 aromatic rings. The first-order valence-corrected chi connectivity index (χ1v) is 6.99. The van der Waals surface area contributed by atoms with Gasteiger partial charge in [-0.3, -0.25) is 4.79 Å². The Kier molecular flexibility index (Phi) is 3.68. The van der Waals surface area contributed by atoms with Crippen LogP contribution in [-0.2, 0) is 0 Å². The van der Waals surface area contributed by atoms with Crippen molar-refractivity contribution in [2.75, 3.05) is 36.0 Å². The van der Waals surface area contributed by atoms with Crippen LogP contribution in [0, 0.1) is 0 Å². The highest BCUT2D eigenvalue weighted by atomic mass is 16.1. The lowest BCUT2D eigenvalue weighted by Gasteiger charge is -2.36. The van der Waals surface area contributed by atoms with E-state index in [0.29, 0.717) is 0 Å². The summed E-state index contributed by atoms with van der Waals surface area (Å²) in [6.45, 7) is 3.66. The smallest absolute Gasteiger partial charge is 0.201 e. The largest absolute Gasteiger partial charge is 0.368 e. The molecule has 1 aliphatic heterocycles. The summed E-state index contributed by atoms with van der Waals surface area (Å²) in [5.74, 6) is 0. The van der Waals surface area contributed by atoms with Crippen LogP contribution < -0.4 is 15.2 Å². The van der Waals surface area contributed by atoms with Gasteiger partial charge in [0.1, 0.15) is 0 Å². The maximum Gasteiger partial charge on any atom is 0.201 e. The quantitative estimate of drug-likeness (QED) is 0.834. The summed E-state index contributed by atoms with van der Waals surface area (Å²) in [7, 11) is 0. The van der Waals surface area contributed by atoms with Crippen molar-refractivity contribution in [3.8, 4) is 0 Å². The summed E-state index contributed by atoms with van der Waals surface area (Å²) in [5.41, 5.74) is 2.17. The first-order chi connectivity index (χ1) is 9.84. The minimum atomic E-state index is 0.100. The van der Waals surface area contributed by atoms with E-state index in [4.69, 9.17) is 0 Å². The van der Waals surface area contributed by atoms with Crippen LogP contribution in [0.15, 0.2) is 65.5 Å². The van der Waals surface area contributed by atoms with Crippen molar-refractivity contribution >= 4 is 11.4 Å². The molecule has 0 N–H and O–H groups in total. The van der Waals surface area contributed by atoms with E-state index < -0.39 is 0 Å². The third-order valence-corrected chi connectivity index (χ3v) is 3.72. The number of benzene rings is 1. The van der Waals surface area contributed by atoms with Gasteiger partial charge in [0.25, 0.3) is 0 Å². The van der Waals surface area contributed by atoms with E-state index in [1.54, 1.807) is 12.1 Å². The van der Waals surface area contributed by atoms with E-state index in [1.165, 1.54) is 5.69 Å². The second-order valence-electron chi connectivity index (χ2n) is 4.97. The van der Waals surface area contributed by atoms with E-state index in [-0.39, 0.29) is 5.43 Å². The lowest BCUT2D eigenvalue weighted by atomic mass is 10.2. The van der Waals surface area contributed by atoms with E-state index >= 15 is 0 Å². The Hall–Kier alpha value is -2.29. The Balaban J connectivity index is 1.73. The molecule has 0 radical (unpaired) electrons. The van der Waals surface area contributed by atoms with Crippen LogP contribution in [-0.4, -0.2) is 26.2 Å². The second kappa shape index (κ2) is 5.78. The lowest BCUT2D eigenvalue weighted by Crippen LogP contribution is -2.47. The molecular weight excluding hydrogens is 248 g/mol. The molecule has 1 heterocycles. The molecule has 0 aliphatic carbocycles. The zero-order valence-electron chi connectivity index (χ0n) is 11.4. The Morgan fingerprint density at radius 2 is 1.20 bits per heavy atom. The van der Waals surface area contributed by atoms with E-state index in [1.807, 2.05) is 24.3 Å². The van der Waals surface area contributed by atoms with Gasteiger partial charge in [-0.1, -0.05) is 36.4 Å². The molecule has 0 bridgehead atoms. The highest BCUT2D eigenvalue weighted by Crippen LogP contribution is 2.17. The normalized spacial score (nSPS) is 15.2. The van der Waals surface area contributed by atoms with E-state index in [2.05, 4.69) is 34.1 Å². The molecule has 0 saturated carbocycles. The van der Waals surface area contributed by atoms with Crippen molar-refractivity contribution in [2.24, 2.45) is 0 Å². The summed E-state index contributed by atoms with van der Waals surface area (Å²) in [5, 5.41) is 0. The van der Waals surface area contributed by atoms with Gasteiger partial charge in [0.05, 0.1) is 5.69 Å². The molecule has 2 aromatic carbocycles. The van der Waals surface area contributed by atoms with Crippen molar-refractivity contribution in [3.63, 3.8) is 0 Å². The predicted octanol–water partition coefficient (Wildman–Crippen LogP) is 2.37. The Bertz CT molecular complexity index is 619. The number of rotatable bonds is 2. The molecule has 0 aromatic heterocycles. The molecular formula is C17H18N2O. The second-order valence-corrected chi connectivity index (χ2v) is 4.97. The minimum Gasteiger partial charge on any atom is -0.368 e. The molecule has 102 valence electrons. The topological polar surface area (TPSA) is 23.6 Å². The Labute approximate surface area is 119 Å². The zero-order valence-corrected chi connectivity index (χ0v) is 11.4. The van der Waals surface area contributed by atoms with Crippen molar-refractivity contribution < 1.29 is 0 Å². The molecule has 3 rings (SSSR count). The van der Waals surface area contributed by atoms with Crippen LogP contribution in [0.1, 0.15) is 0 Å². The molecule has 0 unspecified atom stereocenters. The summed E-state index contributed by atoms with van der Waals surface area (Å²) in [6, 6.07) is 19.6. The van der Waals surface area contributed by atoms with Crippen LogP contribution in [0.5, 0.6) is 0 Å². The Morgan fingerprint density at radius 1 is 0.650 bits per heavy atom.